The Kier molecular flexibility index (Phi) is 8.39. The molecule has 0 amide bonds. The average molecular weight is 604 g/mol. The highest BCUT2D eigenvalue weighted by atomic mass is 35.5. The van der Waals surface area contributed by atoms with Gasteiger partial charge in [-0.3, -0.25) is 0 Å². The number of hydrogen-bond acceptors (Lipinski definition) is 8. The highest BCUT2D eigenvalue weighted by Gasteiger charge is 2.37. The normalized spacial score (nSPS) is 12.6. The van der Waals surface area contributed by atoms with Gasteiger partial charge in [0.1, 0.15) is 16.5 Å². The molecule has 4 rings (SSSR count). The second kappa shape index (κ2) is 11.1. The van der Waals surface area contributed by atoms with Gasteiger partial charge < -0.3 is 9.74 Å². The number of aryl methyl sites for hydroxylation is 1. The Morgan fingerprint density at radius 1 is 1.18 bits per heavy atom. The number of nitrogens with one attached hydrogen (secondary N) is 1. The van der Waals surface area contributed by atoms with Gasteiger partial charge in [-0.05, 0) is 55.4 Å². The second-order valence-electron chi connectivity index (χ2n) is 11.0. The Balaban J connectivity index is 1.75. The largest absolute Gasteiger partial charge is 0.416 e. The highest BCUT2D eigenvalue weighted by Crippen LogP contribution is 2.37. The van der Waals surface area contributed by atoms with Crippen LogP contribution in [0.3, 0.4) is 0 Å². The van der Waals surface area contributed by atoms with Crippen LogP contribution in [0.4, 0.5) is 11.5 Å². The quantitative estimate of drug-likeness (QED) is 0.204. The Morgan fingerprint density at radius 3 is 2.54 bits per heavy atom. The van der Waals surface area contributed by atoms with Crippen molar-refractivity contribution < 1.29 is 12.8 Å². The van der Waals surface area contributed by atoms with Crippen LogP contribution in [0, 0.1) is 6.92 Å². The van der Waals surface area contributed by atoms with Gasteiger partial charge in [-0.2, -0.15) is 5.10 Å². The van der Waals surface area contributed by atoms with E-state index in [2.05, 4.69) is 44.2 Å². The van der Waals surface area contributed by atoms with Crippen LogP contribution < -0.4 is 5.32 Å². The van der Waals surface area contributed by atoms with E-state index in [4.69, 9.17) is 26.1 Å². The minimum absolute atomic E-state index is 0.0852. The summed E-state index contributed by atoms with van der Waals surface area (Å²) in [6.45, 7) is 13.6. The first kappa shape index (κ1) is 29.4. The molecule has 0 aliphatic rings. The van der Waals surface area contributed by atoms with Crippen molar-refractivity contribution in [2.45, 2.75) is 57.1 Å². The third kappa shape index (κ3) is 6.78. The number of nitrogens with zero attached hydrogens (tertiary/aromatic N) is 4. The van der Waals surface area contributed by atoms with Crippen LogP contribution >= 0.6 is 22.9 Å². The van der Waals surface area contributed by atoms with Crippen LogP contribution in [-0.2, 0) is 20.7 Å². The molecule has 4 aromatic rings. The number of thiazole rings is 1. The van der Waals surface area contributed by atoms with Crippen molar-refractivity contribution in [3.05, 3.63) is 64.4 Å². The smallest absolute Gasteiger partial charge is 0.191 e. The number of benzene rings is 1. The predicted octanol–water partition coefficient (Wildman–Crippen LogP) is 7.06. The van der Waals surface area contributed by atoms with E-state index < -0.39 is 18.2 Å². The van der Waals surface area contributed by atoms with Crippen LogP contribution in [-0.4, -0.2) is 49.3 Å². The number of halogens is 1. The van der Waals surface area contributed by atoms with Gasteiger partial charge in [0.15, 0.2) is 18.2 Å². The first-order chi connectivity index (χ1) is 18.2. The topological polar surface area (TPSA) is 99.0 Å². The van der Waals surface area contributed by atoms with Crippen molar-refractivity contribution in [1.82, 2.24) is 19.7 Å². The van der Waals surface area contributed by atoms with E-state index in [0.29, 0.717) is 24.5 Å². The van der Waals surface area contributed by atoms with Crippen molar-refractivity contribution in [3.63, 3.8) is 0 Å². The fourth-order valence-electron chi connectivity index (χ4n) is 3.74. The molecule has 0 aliphatic heterocycles. The maximum absolute atomic E-state index is 12.0. The summed E-state index contributed by atoms with van der Waals surface area (Å²) in [5.74, 6) is 0.615. The van der Waals surface area contributed by atoms with Crippen LogP contribution in [0.1, 0.15) is 32.0 Å². The molecule has 0 saturated carbocycles. The molecule has 208 valence electrons. The fourth-order valence-corrected chi connectivity index (χ4v) is 6.33. The summed E-state index contributed by atoms with van der Waals surface area (Å²) in [7, 11) is -5.35. The summed E-state index contributed by atoms with van der Waals surface area (Å²) < 4.78 is 32.4. The Labute approximate surface area is 240 Å². The number of hydrogen-bond donors (Lipinski definition) is 1. The zero-order valence-corrected chi connectivity index (χ0v) is 26.6. The van der Waals surface area contributed by atoms with Crippen molar-refractivity contribution >= 4 is 52.6 Å². The molecule has 0 fully saturated rings. The SMILES string of the molecule is Cc1cc(-n2ccc(-c3nccs3)n2)c(CCO[Si](C)(C)C(C)(C)C)c(Nc2ccc(S(C)(=O)=O)cc2Cl)n1. The average Bonchev–Trinajstić information content (AvgIpc) is 3.52. The van der Waals surface area contributed by atoms with Crippen LogP contribution in [0.5, 0.6) is 0 Å². The van der Waals surface area contributed by atoms with Crippen molar-refractivity contribution in [2.24, 2.45) is 0 Å². The van der Waals surface area contributed by atoms with Crippen LogP contribution in [0.15, 0.2) is 53.0 Å². The van der Waals surface area contributed by atoms with E-state index in [9.17, 15) is 8.42 Å². The molecular formula is C27H34ClN5O3S2Si. The van der Waals surface area contributed by atoms with E-state index in [1.165, 1.54) is 23.5 Å². The molecule has 0 radical (unpaired) electrons. The number of pyridine rings is 1. The maximum Gasteiger partial charge on any atom is 0.191 e. The summed E-state index contributed by atoms with van der Waals surface area (Å²) >= 11 is 8.05. The maximum atomic E-state index is 12.0. The van der Waals surface area contributed by atoms with Gasteiger partial charge >= 0.3 is 0 Å². The van der Waals surface area contributed by atoms with Crippen LogP contribution in [0.2, 0.25) is 23.2 Å². The van der Waals surface area contributed by atoms with E-state index in [-0.39, 0.29) is 15.0 Å². The number of anilines is 2. The standard InChI is InChI=1S/C27H34ClN5O3S2Si/c1-18-16-24(33-13-10-23(32-33)26-29-12-15-37-26)20(11-14-36-39(6,7)27(2,3)4)25(30-18)31-22-9-8-19(17-21(22)28)38(5,34)35/h8-10,12-13,15-17H,11,14H2,1-7H3,(H,30,31). The number of rotatable bonds is 9. The molecule has 1 N–H and O–H groups in total. The summed E-state index contributed by atoms with van der Waals surface area (Å²) in [6.07, 6.45) is 5.43. The van der Waals surface area contributed by atoms with Crippen molar-refractivity contribution in [1.29, 1.82) is 0 Å². The Bertz CT molecular complexity index is 1580. The van der Waals surface area contributed by atoms with E-state index >= 15 is 0 Å². The van der Waals surface area contributed by atoms with E-state index in [1.54, 1.807) is 12.3 Å². The van der Waals surface area contributed by atoms with Gasteiger partial charge in [0.05, 0.1) is 21.3 Å². The molecule has 3 heterocycles. The fraction of sp³-hybridized carbons (Fsp3) is 0.370. The molecule has 0 atom stereocenters. The van der Waals surface area contributed by atoms with Gasteiger partial charge in [-0.25, -0.2) is 23.1 Å². The monoisotopic (exact) mass is 603 g/mol. The molecule has 12 heteroatoms. The molecule has 0 spiro atoms. The molecule has 0 aliphatic carbocycles. The van der Waals surface area contributed by atoms with E-state index in [0.717, 1.165) is 33.9 Å². The highest BCUT2D eigenvalue weighted by molar-refractivity contribution is 7.90. The molecule has 39 heavy (non-hydrogen) atoms. The molecule has 1 aromatic carbocycles. The summed E-state index contributed by atoms with van der Waals surface area (Å²) in [5, 5.41) is 11.3. The lowest BCUT2D eigenvalue weighted by atomic mass is 10.1. The van der Waals surface area contributed by atoms with Gasteiger partial charge in [0.25, 0.3) is 0 Å². The predicted molar refractivity (Wildman–Crippen MR) is 162 cm³/mol. The summed E-state index contributed by atoms with van der Waals surface area (Å²) in [5.41, 5.74) is 3.92. The summed E-state index contributed by atoms with van der Waals surface area (Å²) in [6, 6.07) is 8.59. The number of aromatic nitrogens is 4. The third-order valence-corrected chi connectivity index (χ3v) is 13.7. The van der Waals surface area contributed by atoms with E-state index in [1.807, 2.05) is 35.3 Å². The minimum Gasteiger partial charge on any atom is -0.416 e. The second-order valence-corrected chi connectivity index (χ2v) is 19.1. The molecule has 8 nitrogen and oxygen atoms in total. The lowest BCUT2D eigenvalue weighted by Crippen LogP contribution is -2.41. The third-order valence-electron chi connectivity index (χ3n) is 6.96. The molecule has 0 bridgehead atoms. The minimum atomic E-state index is -3.38. The van der Waals surface area contributed by atoms with Crippen molar-refractivity contribution in [2.75, 3.05) is 18.2 Å². The zero-order valence-electron chi connectivity index (χ0n) is 23.2. The Morgan fingerprint density at radius 2 is 1.92 bits per heavy atom. The van der Waals surface area contributed by atoms with Crippen LogP contribution in [0.25, 0.3) is 16.4 Å². The lowest BCUT2D eigenvalue weighted by molar-refractivity contribution is 0.292. The summed E-state index contributed by atoms with van der Waals surface area (Å²) in [4.78, 5) is 9.35. The van der Waals surface area contributed by atoms with Gasteiger partial charge in [-0.1, -0.05) is 32.4 Å². The first-order valence-electron chi connectivity index (χ1n) is 12.5. The Hall–Kier alpha value is -2.57. The lowest BCUT2D eigenvalue weighted by Gasteiger charge is -2.36. The van der Waals surface area contributed by atoms with Gasteiger partial charge in [-0.15, -0.1) is 11.3 Å². The van der Waals surface area contributed by atoms with Gasteiger partial charge in [0.2, 0.25) is 0 Å². The van der Waals surface area contributed by atoms with Crippen molar-refractivity contribution in [3.8, 4) is 16.4 Å². The molecule has 3 aromatic heterocycles. The van der Waals surface area contributed by atoms with Gasteiger partial charge in [0, 0.05) is 48.3 Å². The molecular weight excluding hydrogens is 570 g/mol. The zero-order chi connectivity index (χ0) is 28.6. The number of sulfone groups is 1. The molecule has 0 saturated heterocycles. The molecule has 0 unspecified atom stereocenters. The first-order valence-corrected chi connectivity index (χ1v) is 18.6.